The summed E-state index contributed by atoms with van der Waals surface area (Å²) in [7, 11) is 0. The number of rotatable bonds is 7. The number of aliphatic hydroxyl groups excluding tert-OH is 1. The molecule has 1 saturated heterocycles. The van der Waals surface area contributed by atoms with Crippen molar-refractivity contribution in [1.82, 2.24) is 15.0 Å². The molecule has 1 aliphatic heterocycles. The lowest BCUT2D eigenvalue weighted by Crippen LogP contribution is -2.37. The number of aryl methyl sites for hydroxylation is 1. The summed E-state index contributed by atoms with van der Waals surface area (Å²) in [6, 6.07) is 9.38. The summed E-state index contributed by atoms with van der Waals surface area (Å²) in [6.45, 7) is 1.27. The Kier molecular flexibility index (Phi) is 6.13. The highest BCUT2D eigenvalue weighted by molar-refractivity contribution is 5.84. The van der Waals surface area contributed by atoms with Gasteiger partial charge in [-0.1, -0.05) is 11.2 Å². The number of hydrogen-bond acceptors (Lipinski definition) is 6. The lowest BCUT2D eigenvalue weighted by molar-refractivity contribution is 0.123. The number of pyridine rings is 1. The molecule has 0 unspecified atom stereocenters. The van der Waals surface area contributed by atoms with Crippen LogP contribution in [-0.2, 0) is 19.6 Å². The Labute approximate surface area is 174 Å². The van der Waals surface area contributed by atoms with Crippen LogP contribution in [0.4, 0.5) is 4.79 Å². The Bertz CT molecular complexity index is 997. The zero-order valence-corrected chi connectivity index (χ0v) is 16.7. The van der Waals surface area contributed by atoms with E-state index in [1.807, 2.05) is 30.3 Å². The summed E-state index contributed by atoms with van der Waals surface area (Å²) in [5, 5.41) is 24.1. The van der Waals surface area contributed by atoms with Crippen LogP contribution in [0.15, 0.2) is 41.1 Å². The second-order valence-electron chi connectivity index (χ2n) is 7.57. The average Bonchev–Trinajstić information content (AvgIpc) is 3.20. The van der Waals surface area contributed by atoms with Gasteiger partial charge in [0.05, 0.1) is 23.6 Å². The number of ether oxygens (including phenoxy) is 1. The SMILES string of the molecule is O=C(O)N1CCC(CCc2noc3c(CO)c(OCc4ccccn4)ccc23)CC1. The Morgan fingerprint density at radius 2 is 2.07 bits per heavy atom. The largest absolute Gasteiger partial charge is 0.487 e. The van der Waals surface area contributed by atoms with E-state index in [1.165, 1.54) is 4.90 Å². The first-order valence-electron chi connectivity index (χ1n) is 10.2. The highest BCUT2D eigenvalue weighted by Gasteiger charge is 2.23. The summed E-state index contributed by atoms with van der Waals surface area (Å²) in [5.74, 6) is 1.03. The van der Waals surface area contributed by atoms with Gasteiger partial charge in [0, 0.05) is 24.7 Å². The van der Waals surface area contributed by atoms with E-state index < -0.39 is 6.09 Å². The van der Waals surface area contributed by atoms with E-state index >= 15 is 0 Å². The zero-order chi connectivity index (χ0) is 20.9. The maximum Gasteiger partial charge on any atom is 0.407 e. The number of amides is 1. The minimum Gasteiger partial charge on any atom is -0.487 e. The van der Waals surface area contributed by atoms with Gasteiger partial charge in [-0.25, -0.2) is 4.79 Å². The molecule has 2 aromatic heterocycles. The normalized spacial score (nSPS) is 14.9. The van der Waals surface area contributed by atoms with Gasteiger partial charge in [-0.2, -0.15) is 0 Å². The molecule has 0 bridgehead atoms. The third kappa shape index (κ3) is 4.38. The molecule has 8 nitrogen and oxygen atoms in total. The van der Waals surface area contributed by atoms with E-state index in [2.05, 4.69) is 10.1 Å². The van der Waals surface area contributed by atoms with Gasteiger partial charge >= 0.3 is 6.09 Å². The van der Waals surface area contributed by atoms with Crippen LogP contribution >= 0.6 is 0 Å². The Morgan fingerprint density at radius 1 is 1.23 bits per heavy atom. The number of likely N-dealkylation sites (tertiary alicyclic amines) is 1. The highest BCUT2D eigenvalue weighted by Crippen LogP contribution is 2.32. The lowest BCUT2D eigenvalue weighted by Gasteiger charge is -2.29. The van der Waals surface area contributed by atoms with E-state index in [1.54, 1.807) is 6.20 Å². The molecule has 0 spiro atoms. The van der Waals surface area contributed by atoms with Gasteiger partial charge < -0.3 is 24.4 Å². The molecule has 0 saturated carbocycles. The molecule has 3 heterocycles. The minimum absolute atomic E-state index is 0.211. The molecule has 3 aromatic rings. The second kappa shape index (κ2) is 9.13. The van der Waals surface area contributed by atoms with Crippen molar-refractivity contribution in [2.75, 3.05) is 13.1 Å². The molecule has 1 amide bonds. The Morgan fingerprint density at radius 3 is 2.77 bits per heavy atom. The minimum atomic E-state index is -0.839. The van der Waals surface area contributed by atoms with Gasteiger partial charge in [0.2, 0.25) is 0 Å². The number of carboxylic acid groups (broad SMARTS) is 1. The van der Waals surface area contributed by atoms with Crippen LogP contribution in [0.5, 0.6) is 5.75 Å². The van der Waals surface area contributed by atoms with Gasteiger partial charge in [0.25, 0.3) is 0 Å². The third-order valence-corrected chi connectivity index (χ3v) is 5.71. The Balaban J connectivity index is 1.42. The van der Waals surface area contributed by atoms with Crippen LogP contribution in [0, 0.1) is 5.92 Å². The van der Waals surface area contributed by atoms with E-state index in [-0.39, 0.29) is 6.61 Å². The van der Waals surface area contributed by atoms with Crippen LogP contribution in [0.2, 0.25) is 0 Å². The number of carbonyl (C=O) groups is 1. The first-order chi connectivity index (χ1) is 14.7. The molecule has 2 N–H and O–H groups in total. The first-order valence-corrected chi connectivity index (χ1v) is 10.2. The number of aliphatic hydroxyl groups is 1. The number of fused-ring (bicyclic) bond motifs is 1. The van der Waals surface area contributed by atoms with E-state index in [4.69, 9.17) is 14.4 Å². The summed E-state index contributed by atoms with van der Waals surface area (Å²) >= 11 is 0. The van der Waals surface area contributed by atoms with Crippen molar-refractivity contribution in [3.05, 3.63) is 53.5 Å². The van der Waals surface area contributed by atoms with Crippen molar-refractivity contribution in [3.63, 3.8) is 0 Å². The highest BCUT2D eigenvalue weighted by atomic mass is 16.5. The van der Waals surface area contributed by atoms with Gasteiger partial charge in [-0.15, -0.1) is 0 Å². The molecule has 30 heavy (non-hydrogen) atoms. The zero-order valence-electron chi connectivity index (χ0n) is 16.7. The molecule has 0 aliphatic carbocycles. The molecule has 1 aromatic carbocycles. The number of hydrogen-bond donors (Lipinski definition) is 2. The molecule has 158 valence electrons. The molecule has 8 heteroatoms. The molecule has 4 rings (SSSR count). The molecule has 1 fully saturated rings. The topological polar surface area (TPSA) is 109 Å². The van der Waals surface area contributed by atoms with Crippen molar-refractivity contribution in [3.8, 4) is 5.75 Å². The summed E-state index contributed by atoms with van der Waals surface area (Å²) in [6.07, 6.45) is 4.30. The number of nitrogens with zero attached hydrogens (tertiary/aromatic N) is 3. The number of piperidine rings is 1. The molecule has 0 radical (unpaired) electrons. The summed E-state index contributed by atoms with van der Waals surface area (Å²) in [5.41, 5.74) is 2.79. The van der Waals surface area contributed by atoms with E-state index in [9.17, 15) is 9.90 Å². The standard InChI is InChI=1S/C22H25N3O5/c26-13-18-20(29-14-16-3-1-2-10-23-16)7-5-17-19(24-30-21(17)18)6-4-15-8-11-25(12-9-15)22(27)28/h1-3,5,7,10,15,26H,4,6,8-9,11-14H2,(H,27,28). The van der Waals surface area contributed by atoms with Gasteiger partial charge in [-0.05, 0) is 55.9 Å². The van der Waals surface area contributed by atoms with Crippen LogP contribution in [0.25, 0.3) is 11.0 Å². The summed E-state index contributed by atoms with van der Waals surface area (Å²) < 4.78 is 11.4. The lowest BCUT2D eigenvalue weighted by atomic mass is 9.91. The summed E-state index contributed by atoms with van der Waals surface area (Å²) in [4.78, 5) is 16.8. The maximum absolute atomic E-state index is 11.0. The van der Waals surface area contributed by atoms with E-state index in [0.717, 1.165) is 42.5 Å². The van der Waals surface area contributed by atoms with Gasteiger partial charge in [-0.3, -0.25) is 4.98 Å². The fourth-order valence-corrected chi connectivity index (χ4v) is 3.95. The van der Waals surface area contributed by atoms with Crippen molar-refractivity contribution in [2.45, 2.75) is 38.9 Å². The van der Waals surface area contributed by atoms with Crippen LogP contribution in [0.1, 0.15) is 36.2 Å². The fourth-order valence-electron chi connectivity index (χ4n) is 3.95. The third-order valence-electron chi connectivity index (χ3n) is 5.71. The number of benzene rings is 1. The van der Waals surface area contributed by atoms with Crippen LogP contribution < -0.4 is 4.74 Å². The molecule has 1 aliphatic rings. The number of aromatic nitrogens is 2. The van der Waals surface area contributed by atoms with Crippen LogP contribution in [0.3, 0.4) is 0 Å². The fraction of sp³-hybridized carbons (Fsp3) is 0.409. The van der Waals surface area contributed by atoms with Crippen molar-refractivity contribution in [2.24, 2.45) is 5.92 Å². The van der Waals surface area contributed by atoms with Crippen molar-refractivity contribution >= 4 is 17.1 Å². The van der Waals surface area contributed by atoms with Crippen LogP contribution in [-0.4, -0.2) is 44.4 Å². The smallest absolute Gasteiger partial charge is 0.407 e. The quantitative estimate of drug-likeness (QED) is 0.611. The molecule has 0 atom stereocenters. The maximum atomic E-state index is 11.0. The monoisotopic (exact) mass is 411 g/mol. The Hall–Kier alpha value is -3.13. The second-order valence-corrected chi connectivity index (χ2v) is 7.57. The van der Waals surface area contributed by atoms with Gasteiger partial charge in [0.15, 0.2) is 5.58 Å². The average molecular weight is 411 g/mol. The molecular weight excluding hydrogens is 386 g/mol. The van der Waals surface area contributed by atoms with Gasteiger partial charge in [0.1, 0.15) is 12.4 Å². The van der Waals surface area contributed by atoms with Crippen molar-refractivity contribution < 1.29 is 24.3 Å². The first kappa shape index (κ1) is 20.2. The van der Waals surface area contributed by atoms with E-state index in [0.29, 0.717) is 42.5 Å². The van der Waals surface area contributed by atoms with Crippen molar-refractivity contribution in [1.29, 1.82) is 0 Å². The molecular formula is C22H25N3O5. The predicted octanol–water partition coefficient (Wildman–Crippen LogP) is 3.62. The predicted molar refractivity (Wildman–Crippen MR) is 109 cm³/mol.